The Morgan fingerprint density at radius 3 is 2.32 bits per heavy atom. The summed E-state index contributed by atoms with van der Waals surface area (Å²) in [6, 6.07) is 13.9. The van der Waals surface area contributed by atoms with Crippen molar-refractivity contribution in [1.82, 2.24) is 4.98 Å². The van der Waals surface area contributed by atoms with E-state index in [1.54, 1.807) is 6.07 Å². The number of carbonyl (C=O) groups excluding carboxylic acids is 1. The van der Waals surface area contributed by atoms with Crippen molar-refractivity contribution in [3.8, 4) is 17.2 Å². The minimum atomic E-state index is -4.36. The van der Waals surface area contributed by atoms with Gasteiger partial charge >= 0.3 is 7.60 Å². The predicted molar refractivity (Wildman–Crippen MR) is 113 cm³/mol. The van der Waals surface area contributed by atoms with E-state index >= 15 is 0 Å². The average Bonchev–Trinajstić information content (AvgIpc) is 2.67. The fourth-order valence-electron chi connectivity index (χ4n) is 2.61. The highest BCUT2D eigenvalue weighted by Gasteiger charge is 2.17. The number of aromatic nitrogens is 1. The number of rotatable bonds is 7. The second kappa shape index (κ2) is 9.26. The molecule has 3 rings (SSSR count). The normalized spacial score (nSPS) is 11.3. The van der Waals surface area contributed by atoms with Gasteiger partial charge in [0.1, 0.15) is 23.1 Å². The van der Waals surface area contributed by atoms with Crippen LogP contribution >= 0.6 is 7.60 Å². The molecule has 10 heteroatoms. The average molecular weight is 446 g/mol. The van der Waals surface area contributed by atoms with Crippen molar-refractivity contribution in [3.63, 3.8) is 0 Å². The quantitative estimate of drug-likeness (QED) is 0.373. The standard InChI is InChI=1S/C21H20FN2O6P/c1-13(2)29-16-10-14(21(25)24-20-5-3-4-19(22)23-20)11-17(12-16)30-15-6-8-18(9-7-15)31(26,27)28/h3-13H,1-2H3,(H,23,24,25)(H2,26,27,28). The first-order valence-electron chi connectivity index (χ1n) is 9.20. The van der Waals surface area contributed by atoms with Gasteiger partial charge in [-0.2, -0.15) is 4.39 Å². The van der Waals surface area contributed by atoms with Crippen LogP contribution in [0.2, 0.25) is 0 Å². The minimum absolute atomic E-state index is 0.0516. The van der Waals surface area contributed by atoms with Gasteiger partial charge in [-0.05, 0) is 62.4 Å². The molecule has 1 heterocycles. The maximum atomic E-state index is 13.3. The molecule has 0 atom stereocenters. The van der Waals surface area contributed by atoms with E-state index in [2.05, 4.69) is 10.3 Å². The number of halogens is 1. The fraction of sp³-hybridized carbons (Fsp3) is 0.143. The summed E-state index contributed by atoms with van der Waals surface area (Å²) < 4.78 is 36.0. The lowest BCUT2D eigenvalue weighted by Crippen LogP contribution is -2.14. The zero-order chi connectivity index (χ0) is 22.6. The maximum absolute atomic E-state index is 13.3. The molecular weight excluding hydrogens is 426 g/mol. The zero-order valence-electron chi connectivity index (χ0n) is 16.7. The van der Waals surface area contributed by atoms with Gasteiger partial charge < -0.3 is 24.6 Å². The summed E-state index contributed by atoms with van der Waals surface area (Å²) in [7, 11) is -4.36. The summed E-state index contributed by atoms with van der Waals surface area (Å²) in [6.45, 7) is 3.65. The molecule has 31 heavy (non-hydrogen) atoms. The van der Waals surface area contributed by atoms with E-state index in [1.807, 2.05) is 13.8 Å². The third-order valence-corrected chi connectivity index (χ3v) is 4.85. The Hall–Kier alpha value is -3.26. The molecule has 162 valence electrons. The zero-order valence-corrected chi connectivity index (χ0v) is 17.5. The van der Waals surface area contributed by atoms with E-state index in [0.717, 1.165) is 6.07 Å². The Kier molecular flexibility index (Phi) is 6.70. The third-order valence-electron chi connectivity index (χ3n) is 3.88. The number of nitrogens with zero attached hydrogens (tertiary/aromatic N) is 1. The van der Waals surface area contributed by atoms with Gasteiger partial charge in [0.2, 0.25) is 5.95 Å². The van der Waals surface area contributed by atoms with Crippen molar-refractivity contribution >= 4 is 24.6 Å². The predicted octanol–water partition coefficient (Wildman–Crippen LogP) is 3.86. The first-order valence-corrected chi connectivity index (χ1v) is 10.8. The molecule has 0 aliphatic heterocycles. The number of pyridine rings is 1. The molecule has 3 N–H and O–H groups in total. The lowest BCUT2D eigenvalue weighted by atomic mass is 10.2. The lowest BCUT2D eigenvalue weighted by molar-refractivity contribution is 0.102. The van der Waals surface area contributed by atoms with Crippen molar-refractivity contribution in [1.29, 1.82) is 0 Å². The number of benzene rings is 2. The molecule has 1 amide bonds. The van der Waals surface area contributed by atoms with Crippen molar-refractivity contribution in [2.45, 2.75) is 20.0 Å². The van der Waals surface area contributed by atoms with Crippen LogP contribution in [-0.2, 0) is 4.57 Å². The van der Waals surface area contributed by atoms with E-state index in [-0.39, 0.29) is 28.5 Å². The minimum Gasteiger partial charge on any atom is -0.491 e. The first-order chi connectivity index (χ1) is 14.6. The van der Waals surface area contributed by atoms with E-state index in [0.29, 0.717) is 11.5 Å². The smallest absolute Gasteiger partial charge is 0.356 e. The number of carbonyl (C=O) groups is 1. The lowest BCUT2D eigenvalue weighted by Gasteiger charge is -2.14. The van der Waals surface area contributed by atoms with Gasteiger partial charge in [0.15, 0.2) is 0 Å². The molecule has 0 bridgehead atoms. The topological polar surface area (TPSA) is 118 Å². The SMILES string of the molecule is CC(C)Oc1cc(Oc2ccc(P(=O)(O)O)cc2)cc(C(=O)Nc2cccc(F)n2)c1. The highest BCUT2D eigenvalue weighted by Crippen LogP contribution is 2.34. The molecule has 0 spiro atoms. The van der Waals surface area contributed by atoms with Gasteiger partial charge in [-0.25, -0.2) is 4.98 Å². The summed E-state index contributed by atoms with van der Waals surface area (Å²) in [5, 5.41) is 2.37. The van der Waals surface area contributed by atoms with E-state index < -0.39 is 19.5 Å². The third kappa shape index (κ3) is 6.36. The molecule has 0 unspecified atom stereocenters. The Bertz CT molecular complexity index is 1130. The summed E-state index contributed by atoms with van der Waals surface area (Å²) in [5.74, 6) is -0.282. The van der Waals surface area contributed by atoms with Crippen molar-refractivity contribution in [2.24, 2.45) is 0 Å². The number of hydrogen-bond acceptors (Lipinski definition) is 5. The van der Waals surface area contributed by atoms with Crippen molar-refractivity contribution < 1.29 is 33.0 Å². The second-order valence-electron chi connectivity index (χ2n) is 6.80. The molecule has 8 nitrogen and oxygen atoms in total. The summed E-state index contributed by atoms with van der Waals surface area (Å²) >= 11 is 0. The highest BCUT2D eigenvalue weighted by molar-refractivity contribution is 7.60. The number of ether oxygens (including phenoxy) is 2. The highest BCUT2D eigenvalue weighted by atomic mass is 31.2. The number of hydrogen-bond donors (Lipinski definition) is 3. The molecular formula is C21H20FN2O6P. The summed E-state index contributed by atoms with van der Waals surface area (Å²) in [4.78, 5) is 34.7. The van der Waals surface area contributed by atoms with Crippen LogP contribution in [0.1, 0.15) is 24.2 Å². The Balaban J connectivity index is 1.87. The number of amides is 1. The van der Waals surface area contributed by atoms with Crippen LogP contribution in [0.5, 0.6) is 17.2 Å². The fourth-order valence-corrected chi connectivity index (χ4v) is 3.15. The van der Waals surface area contributed by atoms with Crippen LogP contribution in [0.25, 0.3) is 0 Å². The van der Waals surface area contributed by atoms with Crippen LogP contribution < -0.4 is 20.1 Å². The van der Waals surface area contributed by atoms with Crippen LogP contribution in [0.3, 0.4) is 0 Å². The largest absolute Gasteiger partial charge is 0.491 e. The molecule has 3 aromatic rings. The second-order valence-corrected chi connectivity index (χ2v) is 8.40. The monoisotopic (exact) mass is 446 g/mol. The van der Waals surface area contributed by atoms with Gasteiger partial charge in [0, 0.05) is 11.6 Å². The van der Waals surface area contributed by atoms with Gasteiger partial charge in [0.25, 0.3) is 5.91 Å². The molecule has 0 radical (unpaired) electrons. The Labute approximate surface area is 177 Å². The van der Waals surface area contributed by atoms with Crippen LogP contribution in [-0.4, -0.2) is 26.8 Å². The maximum Gasteiger partial charge on any atom is 0.356 e. The molecule has 0 aliphatic rings. The van der Waals surface area contributed by atoms with Gasteiger partial charge in [-0.15, -0.1) is 0 Å². The number of anilines is 1. The first kappa shape index (κ1) is 22.4. The molecule has 2 aromatic carbocycles. The Morgan fingerprint density at radius 2 is 1.71 bits per heavy atom. The number of nitrogens with one attached hydrogen (secondary N) is 1. The molecule has 1 aromatic heterocycles. The van der Waals surface area contributed by atoms with Gasteiger partial charge in [-0.3, -0.25) is 9.36 Å². The van der Waals surface area contributed by atoms with Crippen LogP contribution in [0.15, 0.2) is 60.7 Å². The van der Waals surface area contributed by atoms with Gasteiger partial charge in [0.05, 0.1) is 11.4 Å². The summed E-state index contributed by atoms with van der Waals surface area (Å²) in [6.07, 6.45) is -0.168. The molecule has 0 fully saturated rings. The summed E-state index contributed by atoms with van der Waals surface area (Å²) in [5.41, 5.74) is 0.186. The van der Waals surface area contributed by atoms with E-state index in [1.165, 1.54) is 48.5 Å². The van der Waals surface area contributed by atoms with Crippen LogP contribution in [0.4, 0.5) is 10.2 Å². The van der Waals surface area contributed by atoms with E-state index in [4.69, 9.17) is 9.47 Å². The molecule has 0 saturated heterocycles. The van der Waals surface area contributed by atoms with Gasteiger partial charge in [-0.1, -0.05) is 6.07 Å². The van der Waals surface area contributed by atoms with Crippen molar-refractivity contribution in [3.05, 3.63) is 72.2 Å². The van der Waals surface area contributed by atoms with E-state index in [9.17, 15) is 23.5 Å². The molecule has 0 aliphatic carbocycles. The van der Waals surface area contributed by atoms with Crippen molar-refractivity contribution in [2.75, 3.05) is 5.32 Å². The Morgan fingerprint density at radius 1 is 1.03 bits per heavy atom. The molecule has 0 saturated carbocycles. The van der Waals surface area contributed by atoms with Crippen LogP contribution in [0, 0.1) is 5.95 Å².